The molecule has 3 rings (SSSR count). The van der Waals surface area contributed by atoms with E-state index in [0.717, 1.165) is 28.1 Å². The highest BCUT2D eigenvalue weighted by molar-refractivity contribution is 7.13. The lowest BCUT2D eigenvalue weighted by Crippen LogP contribution is -2.57. The zero-order valence-corrected chi connectivity index (χ0v) is 25.1. The number of carbonyl (C=O) groups is 3. The number of amides is 2. The van der Waals surface area contributed by atoms with Gasteiger partial charge in [-0.1, -0.05) is 52.0 Å². The van der Waals surface area contributed by atoms with Gasteiger partial charge in [-0.05, 0) is 36.3 Å². The number of Topliss-reactive ketones (excluding diaryl/α,β-unsaturated/α-hetero) is 1. The predicted octanol–water partition coefficient (Wildman–Crippen LogP) is 3.56. The molecule has 2 N–H and O–H groups in total. The molecule has 9 nitrogen and oxygen atoms in total. The largest absolute Gasteiger partial charge is 0.391 e. The molecule has 220 valence electrons. The molecule has 0 radical (unpaired) electrons. The number of aryl methyl sites for hydroxylation is 2. The summed E-state index contributed by atoms with van der Waals surface area (Å²) in [5, 5.41) is 13.2. The molecule has 1 aromatic carbocycles. The number of benzene rings is 1. The van der Waals surface area contributed by atoms with Gasteiger partial charge in [0, 0.05) is 26.0 Å². The van der Waals surface area contributed by atoms with Crippen LogP contribution in [0.5, 0.6) is 0 Å². The number of aliphatic hydroxyl groups excluding tert-OH is 1. The topological polar surface area (TPSA) is 118 Å². The average Bonchev–Trinajstić information content (AvgIpc) is 3.52. The summed E-state index contributed by atoms with van der Waals surface area (Å²) in [6.45, 7) is 10.8. The highest BCUT2D eigenvalue weighted by Gasteiger charge is 2.44. The molecular weight excluding hydrogens is 530 g/mol. The smallest absolute Gasteiger partial charge is 0.246 e. The van der Waals surface area contributed by atoms with E-state index < -0.39 is 29.5 Å². The van der Waals surface area contributed by atoms with Crippen LogP contribution in [0.3, 0.4) is 0 Å². The van der Waals surface area contributed by atoms with Crippen molar-refractivity contribution in [3.63, 3.8) is 0 Å². The van der Waals surface area contributed by atoms with E-state index in [1.54, 1.807) is 11.3 Å². The fourth-order valence-electron chi connectivity index (χ4n) is 4.74. The number of ether oxygens (including phenoxy) is 2. The van der Waals surface area contributed by atoms with Crippen molar-refractivity contribution in [1.82, 2.24) is 15.2 Å². The standard InChI is InChI=1S/C30H43N3O6S/c1-6-13-38-14-15-39-18-26(36)32-28(30(3,4)5)29(37)33-17-23(34)16-24(33)25(35)12-9-21-7-10-22(11-8-21)27-20(2)31-19-40-27/h7-8,10-11,19,23-24,28,34H,6,9,12-18H2,1-5H3,(H,32,36)/t23-,24+,28-/m1/s1. The number of ketones is 1. The Morgan fingerprint density at radius 1 is 1.15 bits per heavy atom. The molecule has 1 aliphatic rings. The normalized spacial score (nSPS) is 18.1. The van der Waals surface area contributed by atoms with E-state index in [0.29, 0.717) is 19.6 Å². The molecule has 2 amide bonds. The minimum Gasteiger partial charge on any atom is -0.391 e. The minimum absolute atomic E-state index is 0.0614. The summed E-state index contributed by atoms with van der Waals surface area (Å²) in [5.41, 5.74) is 4.32. The van der Waals surface area contributed by atoms with Crippen molar-refractivity contribution in [2.75, 3.05) is 33.0 Å². The van der Waals surface area contributed by atoms with Gasteiger partial charge in [-0.3, -0.25) is 14.4 Å². The summed E-state index contributed by atoms with van der Waals surface area (Å²) in [6, 6.07) is 6.50. The highest BCUT2D eigenvalue weighted by Crippen LogP contribution is 2.29. The Balaban J connectivity index is 1.59. The first kappa shape index (κ1) is 31.9. The van der Waals surface area contributed by atoms with Crippen molar-refractivity contribution in [1.29, 1.82) is 0 Å². The van der Waals surface area contributed by atoms with Gasteiger partial charge >= 0.3 is 0 Å². The SMILES string of the molecule is CCCOCCOCC(=O)N[C@H](C(=O)N1C[C@H](O)C[C@H]1C(=O)CCc1ccc(-c2scnc2C)cc1)C(C)(C)C. The van der Waals surface area contributed by atoms with Crippen LogP contribution in [0.4, 0.5) is 0 Å². The number of β-amino-alcohol motifs (C(OH)–C–C–N with tert-alkyl or cyclic N) is 1. The number of thiazole rings is 1. The number of rotatable bonds is 14. The highest BCUT2D eigenvalue weighted by atomic mass is 32.1. The van der Waals surface area contributed by atoms with Gasteiger partial charge in [0.25, 0.3) is 0 Å². The molecule has 0 spiro atoms. The third-order valence-corrected chi connectivity index (χ3v) is 7.91. The molecule has 0 aliphatic carbocycles. The molecule has 3 atom stereocenters. The summed E-state index contributed by atoms with van der Waals surface area (Å²) < 4.78 is 10.7. The van der Waals surface area contributed by atoms with Crippen molar-refractivity contribution >= 4 is 28.9 Å². The Labute approximate surface area is 241 Å². The summed E-state index contributed by atoms with van der Waals surface area (Å²) in [6.07, 6.45) is 1.10. The number of aromatic nitrogens is 1. The van der Waals surface area contributed by atoms with Crippen LogP contribution in [0.25, 0.3) is 10.4 Å². The predicted molar refractivity (Wildman–Crippen MR) is 155 cm³/mol. The molecule has 0 bridgehead atoms. The lowest BCUT2D eigenvalue weighted by molar-refractivity contribution is -0.144. The van der Waals surface area contributed by atoms with Crippen molar-refractivity contribution in [3.05, 3.63) is 41.0 Å². The Hall–Kier alpha value is -2.66. The first-order valence-corrected chi connectivity index (χ1v) is 14.8. The molecular formula is C30H43N3O6S. The number of likely N-dealkylation sites (tertiary alicyclic amines) is 1. The van der Waals surface area contributed by atoms with Gasteiger partial charge in [0.05, 0.1) is 41.4 Å². The molecule has 1 aromatic heterocycles. The summed E-state index contributed by atoms with van der Waals surface area (Å²) >= 11 is 1.60. The second-order valence-electron chi connectivity index (χ2n) is 11.4. The maximum atomic E-state index is 13.7. The molecule has 0 unspecified atom stereocenters. The molecule has 10 heteroatoms. The molecule has 2 aromatic rings. The summed E-state index contributed by atoms with van der Waals surface area (Å²) in [4.78, 5) is 46.4. The van der Waals surface area contributed by atoms with Gasteiger partial charge in [0.1, 0.15) is 12.6 Å². The van der Waals surface area contributed by atoms with E-state index in [9.17, 15) is 19.5 Å². The van der Waals surface area contributed by atoms with E-state index in [2.05, 4.69) is 10.3 Å². The van der Waals surface area contributed by atoms with Gasteiger partial charge in [0.15, 0.2) is 5.78 Å². The van der Waals surface area contributed by atoms with Gasteiger partial charge in [0.2, 0.25) is 11.8 Å². The van der Waals surface area contributed by atoms with Gasteiger partial charge in [-0.25, -0.2) is 4.98 Å². The average molecular weight is 574 g/mol. The third kappa shape index (κ3) is 8.92. The lowest BCUT2D eigenvalue weighted by Gasteiger charge is -2.35. The Morgan fingerprint density at radius 2 is 1.85 bits per heavy atom. The lowest BCUT2D eigenvalue weighted by atomic mass is 9.85. The van der Waals surface area contributed by atoms with Crippen LogP contribution in [0.2, 0.25) is 0 Å². The number of carbonyl (C=O) groups excluding carboxylic acids is 3. The van der Waals surface area contributed by atoms with Crippen molar-refractivity contribution < 1.29 is 29.0 Å². The molecule has 0 saturated carbocycles. The zero-order chi connectivity index (χ0) is 29.3. The molecule has 40 heavy (non-hydrogen) atoms. The fourth-order valence-corrected chi connectivity index (χ4v) is 5.56. The van der Waals surface area contributed by atoms with Gasteiger partial charge in [-0.2, -0.15) is 0 Å². The minimum atomic E-state index is -0.872. The molecule has 1 aliphatic heterocycles. The van der Waals surface area contributed by atoms with Crippen molar-refractivity contribution in [3.8, 4) is 10.4 Å². The van der Waals surface area contributed by atoms with E-state index in [1.165, 1.54) is 4.90 Å². The fraction of sp³-hybridized carbons (Fsp3) is 0.600. The number of hydrogen-bond acceptors (Lipinski definition) is 8. The second-order valence-corrected chi connectivity index (χ2v) is 12.2. The van der Waals surface area contributed by atoms with Crippen LogP contribution in [-0.4, -0.2) is 83.7 Å². The first-order chi connectivity index (χ1) is 19.0. The van der Waals surface area contributed by atoms with Crippen LogP contribution in [-0.2, 0) is 30.3 Å². The maximum Gasteiger partial charge on any atom is 0.246 e. The maximum absolute atomic E-state index is 13.7. The quantitative estimate of drug-likeness (QED) is 0.332. The van der Waals surface area contributed by atoms with Gasteiger partial charge in [-0.15, -0.1) is 11.3 Å². The van der Waals surface area contributed by atoms with E-state index in [-0.39, 0.29) is 44.3 Å². The van der Waals surface area contributed by atoms with E-state index in [4.69, 9.17) is 9.47 Å². The number of nitrogens with zero attached hydrogens (tertiary/aromatic N) is 2. The third-order valence-electron chi connectivity index (χ3n) is 6.93. The van der Waals surface area contributed by atoms with Crippen LogP contribution in [0.15, 0.2) is 29.8 Å². The molecule has 2 heterocycles. The first-order valence-electron chi connectivity index (χ1n) is 14.0. The van der Waals surface area contributed by atoms with Crippen molar-refractivity contribution in [2.45, 2.75) is 78.5 Å². The van der Waals surface area contributed by atoms with Crippen LogP contribution < -0.4 is 5.32 Å². The molecule has 1 saturated heterocycles. The van der Waals surface area contributed by atoms with E-state index >= 15 is 0 Å². The van der Waals surface area contributed by atoms with E-state index in [1.807, 2.05) is 64.4 Å². The van der Waals surface area contributed by atoms with Crippen LogP contribution in [0.1, 0.15) is 58.2 Å². The monoisotopic (exact) mass is 573 g/mol. The second kappa shape index (κ2) is 14.8. The number of hydrogen-bond donors (Lipinski definition) is 2. The van der Waals surface area contributed by atoms with Crippen LogP contribution in [0, 0.1) is 12.3 Å². The van der Waals surface area contributed by atoms with Crippen LogP contribution >= 0.6 is 11.3 Å². The van der Waals surface area contributed by atoms with Gasteiger partial charge < -0.3 is 24.8 Å². The number of aliphatic hydroxyl groups is 1. The number of nitrogens with one attached hydrogen (secondary N) is 1. The Bertz CT molecular complexity index is 1130. The summed E-state index contributed by atoms with van der Waals surface area (Å²) in [5.74, 6) is -0.878. The van der Waals surface area contributed by atoms with Crippen molar-refractivity contribution in [2.24, 2.45) is 5.41 Å². The zero-order valence-electron chi connectivity index (χ0n) is 24.3. The summed E-state index contributed by atoms with van der Waals surface area (Å²) in [7, 11) is 0. The Kier molecular flexibility index (Phi) is 11.8. The molecule has 1 fully saturated rings. The Morgan fingerprint density at radius 3 is 2.48 bits per heavy atom.